The molecule has 9 nitrogen and oxygen atoms in total. The lowest BCUT2D eigenvalue weighted by Gasteiger charge is -2.52. The summed E-state index contributed by atoms with van der Waals surface area (Å²) in [5.74, 6) is 1.09. The molecular weight excluding hydrogens is 592 g/mol. The van der Waals surface area contributed by atoms with E-state index in [1.807, 2.05) is 29.2 Å². The highest BCUT2D eigenvalue weighted by atomic mass is 35.5. The maximum Gasteiger partial charge on any atom is 0.251 e. The maximum atomic E-state index is 13.9. The molecule has 0 bridgehead atoms. The molecule has 2 aliphatic heterocycles. The number of hydrogen-bond donors (Lipinski definition) is 3. The van der Waals surface area contributed by atoms with Gasteiger partial charge in [-0.15, -0.1) is 12.4 Å². The number of unbranched alkanes of at least 4 members (excludes halogenated alkanes) is 2. The number of ether oxygens (including phenoxy) is 1. The zero-order chi connectivity index (χ0) is 31.1. The van der Waals surface area contributed by atoms with Crippen LogP contribution in [0, 0.1) is 5.92 Å². The van der Waals surface area contributed by atoms with Crippen molar-refractivity contribution in [3.8, 4) is 11.5 Å². The molecule has 2 heterocycles. The lowest BCUT2D eigenvalue weighted by Crippen LogP contribution is -2.75. The number of piperazine rings is 1. The molecule has 1 saturated carbocycles. The first-order chi connectivity index (χ1) is 21.3. The molecule has 2 aromatic rings. The van der Waals surface area contributed by atoms with Gasteiger partial charge in [0.15, 0.2) is 0 Å². The first-order valence-electron chi connectivity index (χ1n) is 16.5. The Bertz CT molecular complexity index is 1270. The van der Waals surface area contributed by atoms with Crippen LogP contribution in [0.15, 0.2) is 48.5 Å². The Morgan fingerprint density at radius 1 is 1.00 bits per heavy atom. The van der Waals surface area contributed by atoms with Gasteiger partial charge in [-0.25, -0.2) is 0 Å². The third kappa shape index (κ3) is 7.99. The summed E-state index contributed by atoms with van der Waals surface area (Å²) < 4.78 is 5.96. The fourth-order valence-electron chi connectivity index (χ4n) is 7.12. The van der Waals surface area contributed by atoms with Crippen molar-refractivity contribution in [1.29, 1.82) is 0 Å². The van der Waals surface area contributed by atoms with E-state index in [2.05, 4.69) is 22.5 Å². The minimum atomic E-state index is -0.852. The molecular formula is C35H49ClN4O5. The third-order valence-corrected chi connectivity index (χ3v) is 9.81. The van der Waals surface area contributed by atoms with Gasteiger partial charge in [-0.1, -0.05) is 51.2 Å². The fourth-order valence-corrected chi connectivity index (χ4v) is 7.12. The number of aliphatic hydroxyl groups is 1. The van der Waals surface area contributed by atoms with Crippen LogP contribution in [-0.4, -0.2) is 77.0 Å². The molecule has 246 valence electrons. The van der Waals surface area contributed by atoms with Crippen LogP contribution in [-0.2, 0) is 16.1 Å². The Morgan fingerprint density at radius 3 is 2.22 bits per heavy atom. The highest BCUT2D eigenvalue weighted by Crippen LogP contribution is 2.36. The summed E-state index contributed by atoms with van der Waals surface area (Å²) in [4.78, 5) is 43.7. The number of carbonyl (C=O) groups excluding carboxylic acids is 3. The largest absolute Gasteiger partial charge is 0.457 e. The van der Waals surface area contributed by atoms with E-state index in [0.29, 0.717) is 49.5 Å². The molecule has 10 heteroatoms. The van der Waals surface area contributed by atoms with Gasteiger partial charge >= 0.3 is 0 Å². The molecule has 0 unspecified atom stereocenters. The van der Waals surface area contributed by atoms with Gasteiger partial charge in [0, 0.05) is 38.8 Å². The molecule has 0 radical (unpaired) electrons. The minimum Gasteiger partial charge on any atom is -0.457 e. The predicted molar refractivity (Wildman–Crippen MR) is 177 cm³/mol. The SMILES string of the molecule is CCCCCN1C(=O)[C@@H]([C@H](O)C2CCCCC2)NC(=O)C12CCN(Cc1ccc(Oc3ccc(C(=O)NC)cc3)cc1)CC2.Cl. The number of halogens is 1. The van der Waals surface area contributed by atoms with Gasteiger partial charge < -0.3 is 25.4 Å². The van der Waals surface area contributed by atoms with Gasteiger partial charge in [0.05, 0.1) is 6.10 Å². The third-order valence-electron chi connectivity index (χ3n) is 9.81. The molecule has 3 aliphatic rings. The van der Waals surface area contributed by atoms with Crippen LogP contribution in [0.5, 0.6) is 11.5 Å². The summed E-state index contributed by atoms with van der Waals surface area (Å²) >= 11 is 0. The molecule has 2 atom stereocenters. The summed E-state index contributed by atoms with van der Waals surface area (Å²) in [5, 5.41) is 16.8. The van der Waals surface area contributed by atoms with Crippen molar-refractivity contribution in [2.75, 3.05) is 26.7 Å². The maximum absolute atomic E-state index is 13.9. The highest BCUT2D eigenvalue weighted by molar-refractivity contribution is 6.00. The number of nitrogens with zero attached hydrogens (tertiary/aromatic N) is 2. The minimum absolute atomic E-state index is 0. The standard InChI is InChI=1S/C35H48N4O5.ClH/c1-3-4-8-21-39-33(42)30(31(40)26-9-6-5-7-10-26)37-34(43)35(39)19-22-38(23-20-35)24-25-11-15-28(16-12-25)44-29-17-13-27(14-18-29)32(41)36-2;/h11-18,26,30-31,40H,3-10,19-24H2,1-2H3,(H,36,41)(H,37,43);1H/t30-,31-;/m1./s1. The van der Waals surface area contributed by atoms with Gasteiger partial charge in [0.1, 0.15) is 23.1 Å². The summed E-state index contributed by atoms with van der Waals surface area (Å²) in [7, 11) is 1.60. The van der Waals surface area contributed by atoms with Gasteiger partial charge in [0.2, 0.25) is 11.8 Å². The quantitative estimate of drug-likeness (QED) is 0.297. The van der Waals surface area contributed by atoms with Crippen LogP contribution in [0.2, 0.25) is 0 Å². The second kappa shape index (κ2) is 15.9. The zero-order valence-corrected chi connectivity index (χ0v) is 27.4. The second-order valence-corrected chi connectivity index (χ2v) is 12.7. The average Bonchev–Trinajstić information content (AvgIpc) is 3.06. The summed E-state index contributed by atoms with van der Waals surface area (Å²) in [5.41, 5.74) is 0.868. The monoisotopic (exact) mass is 640 g/mol. The Balaban J connectivity index is 0.00000461. The molecule has 1 aliphatic carbocycles. The van der Waals surface area contributed by atoms with Crippen molar-refractivity contribution in [3.05, 3.63) is 59.7 Å². The number of rotatable bonds is 11. The average molecular weight is 641 g/mol. The molecule has 3 N–H and O–H groups in total. The highest BCUT2D eigenvalue weighted by Gasteiger charge is 2.55. The number of nitrogens with one attached hydrogen (secondary N) is 2. The summed E-state index contributed by atoms with van der Waals surface area (Å²) in [6.07, 6.45) is 8.37. The Hall–Kier alpha value is -3.14. The first-order valence-corrected chi connectivity index (χ1v) is 16.5. The molecule has 5 rings (SSSR count). The normalized spacial score (nSPS) is 21.1. The first kappa shape index (κ1) is 34.7. The number of amides is 3. The van der Waals surface area contributed by atoms with Crippen LogP contribution in [0.3, 0.4) is 0 Å². The van der Waals surface area contributed by atoms with E-state index in [1.54, 1.807) is 31.3 Å². The predicted octanol–water partition coefficient (Wildman–Crippen LogP) is 5.05. The van der Waals surface area contributed by atoms with Gasteiger partial charge in [0.25, 0.3) is 5.91 Å². The van der Waals surface area contributed by atoms with E-state index in [0.717, 1.165) is 57.1 Å². The Morgan fingerprint density at radius 2 is 1.62 bits per heavy atom. The number of likely N-dealkylation sites (tertiary alicyclic amines) is 1. The molecule has 3 amide bonds. The fraction of sp³-hybridized carbons (Fsp3) is 0.571. The van der Waals surface area contributed by atoms with E-state index in [1.165, 1.54) is 6.42 Å². The van der Waals surface area contributed by atoms with Gasteiger partial charge in [-0.3, -0.25) is 19.3 Å². The van der Waals surface area contributed by atoms with Crippen molar-refractivity contribution in [3.63, 3.8) is 0 Å². The smallest absolute Gasteiger partial charge is 0.251 e. The number of piperidine rings is 1. The van der Waals surface area contributed by atoms with E-state index in [-0.39, 0.29) is 36.0 Å². The number of benzene rings is 2. The van der Waals surface area contributed by atoms with Gasteiger partial charge in [-0.05, 0) is 80.0 Å². The van der Waals surface area contributed by atoms with Crippen LogP contribution in [0.25, 0.3) is 0 Å². The Labute approximate surface area is 273 Å². The molecule has 1 spiro atoms. The van der Waals surface area contributed by atoms with E-state index < -0.39 is 17.7 Å². The van der Waals surface area contributed by atoms with E-state index >= 15 is 0 Å². The van der Waals surface area contributed by atoms with Crippen molar-refractivity contribution in [2.45, 2.75) is 95.4 Å². The van der Waals surface area contributed by atoms with Crippen molar-refractivity contribution in [1.82, 2.24) is 20.4 Å². The second-order valence-electron chi connectivity index (χ2n) is 12.7. The van der Waals surface area contributed by atoms with Crippen molar-refractivity contribution >= 4 is 30.1 Å². The summed E-state index contributed by atoms with van der Waals surface area (Å²) in [6, 6.07) is 14.1. The topological polar surface area (TPSA) is 111 Å². The molecule has 2 aromatic carbocycles. The number of aliphatic hydroxyl groups excluding tert-OH is 1. The van der Waals surface area contributed by atoms with E-state index in [4.69, 9.17) is 4.74 Å². The van der Waals surface area contributed by atoms with Crippen LogP contribution in [0.4, 0.5) is 0 Å². The van der Waals surface area contributed by atoms with E-state index in [9.17, 15) is 19.5 Å². The summed E-state index contributed by atoms with van der Waals surface area (Å²) in [6.45, 7) is 4.85. The van der Waals surface area contributed by atoms with Crippen LogP contribution in [0.1, 0.15) is 87.1 Å². The van der Waals surface area contributed by atoms with Crippen molar-refractivity contribution < 1.29 is 24.2 Å². The molecule has 45 heavy (non-hydrogen) atoms. The van der Waals surface area contributed by atoms with Crippen LogP contribution >= 0.6 is 12.4 Å². The Kier molecular flexibility index (Phi) is 12.3. The van der Waals surface area contributed by atoms with Crippen molar-refractivity contribution in [2.24, 2.45) is 5.92 Å². The lowest BCUT2D eigenvalue weighted by molar-refractivity contribution is -0.166. The number of carbonyl (C=O) groups is 3. The number of hydrogen-bond acceptors (Lipinski definition) is 6. The molecule has 2 saturated heterocycles. The zero-order valence-electron chi connectivity index (χ0n) is 26.6. The molecule has 3 fully saturated rings. The lowest BCUT2D eigenvalue weighted by atomic mass is 9.78. The van der Waals surface area contributed by atoms with Crippen LogP contribution < -0.4 is 15.4 Å². The van der Waals surface area contributed by atoms with Gasteiger partial charge in [-0.2, -0.15) is 0 Å². The molecule has 0 aromatic heterocycles.